The van der Waals surface area contributed by atoms with Crippen molar-refractivity contribution in [1.82, 2.24) is 20.6 Å². The van der Waals surface area contributed by atoms with E-state index in [0.717, 1.165) is 24.4 Å². The molecule has 0 bridgehead atoms. The first-order chi connectivity index (χ1) is 15.6. The van der Waals surface area contributed by atoms with Crippen LogP contribution in [0.4, 0.5) is 35.5 Å². The number of nitrogens with two attached hydrogens (primary N) is 1. The lowest BCUT2D eigenvalue weighted by molar-refractivity contribution is -0.232. The van der Waals surface area contributed by atoms with Crippen LogP contribution in [0.3, 0.4) is 0 Å². The maximum Gasteiger partial charge on any atom is 0.404 e. The van der Waals surface area contributed by atoms with Crippen LogP contribution >= 0.6 is 0 Å². The Morgan fingerprint density at radius 2 is 1.76 bits per heavy atom. The van der Waals surface area contributed by atoms with Crippen LogP contribution in [0.2, 0.25) is 0 Å². The van der Waals surface area contributed by atoms with Gasteiger partial charge in [-0.3, -0.25) is 10.2 Å². The van der Waals surface area contributed by atoms with Crippen molar-refractivity contribution in [1.29, 1.82) is 0 Å². The molecule has 0 unspecified atom stereocenters. The van der Waals surface area contributed by atoms with Gasteiger partial charge in [-0.15, -0.1) is 0 Å². The number of benzene rings is 1. The van der Waals surface area contributed by atoms with Crippen molar-refractivity contribution in [2.24, 2.45) is 17.1 Å². The average Bonchev–Trinajstić information content (AvgIpc) is 3.19. The lowest BCUT2D eigenvalue weighted by Crippen LogP contribution is -2.52. The number of nitrogens with zero attached hydrogens (tertiary/aromatic N) is 2. The minimum atomic E-state index is -4.87. The number of hydrazine groups is 1. The van der Waals surface area contributed by atoms with Crippen LogP contribution in [-0.4, -0.2) is 34.6 Å². The highest BCUT2D eigenvalue weighted by Gasteiger charge is 2.55. The predicted molar refractivity (Wildman–Crippen MR) is 103 cm³/mol. The number of alkyl halides is 5. The molecule has 0 aliphatic heterocycles. The maximum atomic E-state index is 14.4. The SMILES string of the molecule is CC(C)([C@@H](COC(N)=O)C(=O)NNCc1c(F)cc(-c2ccn(C(F)F)n2)cc1F)C(F)(F)F. The zero-order valence-corrected chi connectivity index (χ0v) is 17.7. The summed E-state index contributed by atoms with van der Waals surface area (Å²) in [5.74, 6) is -5.49. The number of hydrogen-bond donors (Lipinski definition) is 3. The molecule has 2 rings (SSSR count). The number of aromatic nitrogens is 2. The highest BCUT2D eigenvalue weighted by molar-refractivity contribution is 5.79. The third kappa shape index (κ3) is 6.15. The summed E-state index contributed by atoms with van der Waals surface area (Å²) in [6, 6.07) is 2.75. The summed E-state index contributed by atoms with van der Waals surface area (Å²) < 4.78 is 98.8. The minimum absolute atomic E-state index is 0.127. The average molecular weight is 499 g/mol. The third-order valence-corrected chi connectivity index (χ3v) is 5.03. The normalized spacial score (nSPS) is 13.1. The number of rotatable bonds is 9. The van der Waals surface area contributed by atoms with Gasteiger partial charge in [0.1, 0.15) is 18.2 Å². The minimum Gasteiger partial charge on any atom is -0.449 e. The molecular formula is C19H20F7N5O3. The van der Waals surface area contributed by atoms with Gasteiger partial charge in [0.25, 0.3) is 0 Å². The van der Waals surface area contributed by atoms with E-state index in [9.17, 15) is 40.3 Å². The summed E-state index contributed by atoms with van der Waals surface area (Å²) in [6.07, 6.45) is -5.35. The first-order valence-electron chi connectivity index (χ1n) is 9.48. The molecule has 0 spiro atoms. The van der Waals surface area contributed by atoms with Crippen LogP contribution in [0.1, 0.15) is 26.0 Å². The molecule has 4 N–H and O–H groups in total. The van der Waals surface area contributed by atoms with E-state index in [1.54, 1.807) is 0 Å². The fourth-order valence-corrected chi connectivity index (χ4v) is 2.80. The van der Waals surface area contributed by atoms with Crippen molar-refractivity contribution in [3.05, 3.63) is 41.6 Å². The maximum absolute atomic E-state index is 14.4. The Morgan fingerprint density at radius 3 is 2.24 bits per heavy atom. The quantitative estimate of drug-likeness (QED) is 0.361. The van der Waals surface area contributed by atoms with Gasteiger partial charge in [0.15, 0.2) is 0 Å². The Labute approximate surface area is 188 Å². The standard InChI is InChI=1S/C19H20F7N5O3/c1-18(2,19(24,25)26)11(8-34-17(27)33)15(32)29-28-7-10-12(20)5-9(6-13(10)21)14-3-4-31(30-14)16(22)23/h3-6,11,16,28H,7-8H2,1-2H3,(H2,27,33)(H,29,32)/t11-/m0/s1. The van der Waals surface area contributed by atoms with Gasteiger partial charge in [0, 0.05) is 23.9 Å². The lowest BCUT2D eigenvalue weighted by Gasteiger charge is -2.34. The highest BCUT2D eigenvalue weighted by Crippen LogP contribution is 2.43. The Hall–Kier alpha value is -3.36. The van der Waals surface area contributed by atoms with E-state index in [4.69, 9.17) is 5.73 Å². The molecule has 1 heterocycles. The van der Waals surface area contributed by atoms with Gasteiger partial charge < -0.3 is 10.5 Å². The molecule has 34 heavy (non-hydrogen) atoms. The number of carbonyl (C=O) groups excluding carboxylic acids is 2. The van der Waals surface area contributed by atoms with Crippen LogP contribution in [0.25, 0.3) is 11.3 Å². The second-order valence-electron chi connectivity index (χ2n) is 7.62. The molecule has 15 heteroatoms. The monoisotopic (exact) mass is 499 g/mol. The molecule has 2 amide bonds. The van der Waals surface area contributed by atoms with E-state index in [1.807, 2.05) is 5.43 Å². The second-order valence-corrected chi connectivity index (χ2v) is 7.62. The molecule has 188 valence electrons. The van der Waals surface area contributed by atoms with Crippen LogP contribution in [0, 0.1) is 23.0 Å². The molecule has 1 atom stereocenters. The summed E-state index contributed by atoms with van der Waals surface area (Å²) in [7, 11) is 0. The Morgan fingerprint density at radius 1 is 1.18 bits per heavy atom. The molecule has 0 saturated carbocycles. The number of ether oxygens (including phenoxy) is 1. The van der Waals surface area contributed by atoms with Crippen LogP contribution in [-0.2, 0) is 16.1 Å². The molecule has 0 aliphatic rings. The molecule has 0 aliphatic carbocycles. The van der Waals surface area contributed by atoms with E-state index in [0.29, 0.717) is 13.8 Å². The topological polar surface area (TPSA) is 111 Å². The van der Waals surface area contributed by atoms with Crippen LogP contribution < -0.4 is 16.6 Å². The molecule has 0 radical (unpaired) electrons. The predicted octanol–water partition coefficient (Wildman–Crippen LogP) is 3.64. The van der Waals surface area contributed by atoms with Gasteiger partial charge in [-0.25, -0.2) is 23.7 Å². The number of amides is 2. The van der Waals surface area contributed by atoms with Gasteiger partial charge in [-0.05, 0) is 18.2 Å². The van der Waals surface area contributed by atoms with E-state index in [1.165, 1.54) is 0 Å². The molecule has 0 saturated heterocycles. The molecule has 1 aromatic carbocycles. The van der Waals surface area contributed by atoms with E-state index < -0.39 is 66.4 Å². The number of primary amides is 1. The van der Waals surface area contributed by atoms with Crippen molar-refractivity contribution in [3.63, 3.8) is 0 Å². The number of nitrogens with one attached hydrogen (secondary N) is 2. The van der Waals surface area contributed by atoms with Crippen molar-refractivity contribution >= 4 is 12.0 Å². The van der Waals surface area contributed by atoms with E-state index >= 15 is 0 Å². The fraction of sp³-hybridized carbons (Fsp3) is 0.421. The Balaban J connectivity index is 2.12. The molecular weight excluding hydrogens is 479 g/mol. The van der Waals surface area contributed by atoms with Crippen molar-refractivity contribution in [2.45, 2.75) is 33.1 Å². The first-order valence-corrected chi connectivity index (χ1v) is 9.48. The van der Waals surface area contributed by atoms with Gasteiger partial charge in [0.05, 0.1) is 17.0 Å². The zero-order chi connectivity index (χ0) is 25.8. The Bertz CT molecular complexity index is 1020. The second kappa shape index (κ2) is 10.3. The summed E-state index contributed by atoms with van der Waals surface area (Å²) in [4.78, 5) is 23.1. The number of hydrogen-bond acceptors (Lipinski definition) is 5. The summed E-state index contributed by atoms with van der Waals surface area (Å²) >= 11 is 0. The summed E-state index contributed by atoms with van der Waals surface area (Å²) in [6.45, 7) is -3.23. The van der Waals surface area contributed by atoms with Crippen molar-refractivity contribution in [3.8, 4) is 11.3 Å². The molecule has 1 aromatic heterocycles. The molecule has 8 nitrogen and oxygen atoms in total. The third-order valence-electron chi connectivity index (χ3n) is 5.03. The van der Waals surface area contributed by atoms with E-state index in [-0.39, 0.29) is 15.9 Å². The van der Waals surface area contributed by atoms with Crippen LogP contribution in [0.5, 0.6) is 0 Å². The highest BCUT2D eigenvalue weighted by atomic mass is 19.4. The number of carbonyl (C=O) groups is 2. The van der Waals surface area contributed by atoms with Gasteiger partial charge >= 0.3 is 18.8 Å². The van der Waals surface area contributed by atoms with Crippen molar-refractivity contribution in [2.75, 3.05) is 6.61 Å². The first kappa shape index (κ1) is 26.9. The van der Waals surface area contributed by atoms with Crippen molar-refractivity contribution < 1.29 is 45.1 Å². The Kier molecular flexibility index (Phi) is 8.13. The molecule has 2 aromatic rings. The molecule has 0 fully saturated rings. The zero-order valence-electron chi connectivity index (χ0n) is 17.7. The largest absolute Gasteiger partial charge is 0.449 e. The fourth-order valence-electron chi connectivity index (χ4n) is 2.80. The number of halogens is 7. The van der Waals surface area contributed by atoms with Gasteiger partial charge in [-0.2, -0.15) is 27.1 Å². The van der Waals surface area contributed by atoms with Gasteiger partial charge in [0.2, 0.25) is 5.91 Å². The summed E-state index contributed by atoms with van der Waals surface area (Å²) in [5, 5.41) is 3.49. The van der Waals surface area contributed by atoms with Crippen LogP contribution in [0.15, 0.2) is 24.4 Å². The summed E-state index contributed by atoms with van der Waals surface area (Å²) in [5.41, 5.74) is 5.24. The van der Waals surface area contributed by atoms with E-state index in [2.05, 4.69) is 15.3 Å². The lowest BCUT2D eigenvalue weighted by atomic mass is 9.78. The van der Waals surface area contributed by atoms with Gasteiger partial charge in [-0.1, -0.05) is 13.8 Å². The smallest absolute Gasteiger partial charge is 0.404 e.